The Balaban J connectivity index is 1.40. The minimum atomic E-state index is -3.56. The van der Waals surface area contributed by atoms with Crippen LogP contribution in [0.1, 0.15) is 68.8 Å². The number of hydrogen-bond acceptors (Lipinski definition) is 6. The van der Waals surface area contributed by atoms with Crippen LogP contribution >= 0.6 is 0 Å². The van der Waals surface area contributed by atoms with Crippen molar-refractivity contribution in [1.29, 1.82) is 0 Å². The SMILES string of the molecule is CC(=O)[C@H]1CC[C@H]2[C@@H]3C=CC4=CC(=O)CC[C@@]4(C)[C@@H]3[C@@H](OC(=O)c3ccc4c(c3)S(=O)(=O)C=C4)C[C@]12C. The van der Waals surface area contributed by atoms with Crippen LogP contribution in [0.25, 0.3) is 6.08 Å². The van der Waals surface area contributed by atoms with E-state index in [-0.39, 0.29) is 50.6 Å². The molecule has 0 radical (unpaired) electrons. The van der Waals surface area contributed by atoms with Gasteiger partial charge in [0.1, 0.15) is 11.9 Å². The highest BCUT2D eigenvalue weighted by molar-refractivity contribution is 7.94. The fraction of sp³-hybridized carbons (Fsp3) is 0.500. The zero-order valence-corrected chi connectivity index (χ0v) is 22.2. The number of esters is 1. The molecule has 1 aromatic carbocycles. The van der Waals surface area contributed by atoms with Crippen molar-refractivity contribution in [1.82, 2.24) is 0 Å². The van der Waals surface area contributed by atoms with E-state index in [0.29, 0.717) is 30.7 Å². The molecule has 7 heteroatoms. The molecule has 0 N–H and O–H groups in total. The number of Topliss-reactive ketones (excluding diaryl/α,β-unsaturated/α-hetero) is 1. The molecule has 1 heterocycles. The molecule has 0 unspecified atom stereocenters. The first-order chi connectivity index (χ1) is 17.4. The summed E-state index contributed by atoms with van der Waals surface area (Å²) in [7, 11) is -3.56. The fourth-order valence-corrected chi connectivity index (χ4v) is 9.59. The third kappa shape index (κ3) is 3.57. The summed E-state index contributed by atoms with van der Waals surface area (Å²) in [5.41, 5.74) is 1.14. The summed E-state index contributed by atoms with van der Waals surface area (Å²) < 4.78 is 31.1. The zero-order chi connectivity index (χ0) is 26.3. The number of sulfone groups is 1. The Kier molecular flexibility index (Phi) is 5.37. The van der Waals surface area contributed by atoms with Crippen LogP contribution in [0.5, 0.6) is 0 Å². The van der Waals surface area contributed by atoms with Crippen molar-refractivity contribution in [2.75, 3.05) is 0 Å². The molecule has 1 aromatic rings. The van der Waals surface area contributed by atoms with Gasteiger partial charge in [0, 0.05) is 23.7 Å². The van der Waals surface area contributed by atoms with Gasteiger partial charge >= 0.3 is 5.97 Å². The van der Waals surface area contributed by atoms with Crippen molar-refractivity contribution >= 4 is 33.4 Å². The second kappa shape index (κ2) is 8.10. The predicted octanol–water partition coefficient (Wildman–Crippen LogP) is 5.09. The third-order valence-electron chi connectivity index (χ3n) is 10.2. The molecule has 37 heavy (non-hydrogen) atoms. The van der Waals surface area contributed by atoms with Crippen LogP contribution in [0.3, 0.4) is 0 Å². The molecule has 194 valence electrons. The number of rotatable bonds is 3. The van der Waals surface area contributed by atoms with Gasteiger partial charge in [0.05, 0.1) is 10.5 Å². The average Bonchev–Trinajstić information content (AvgIpc) is 3.34. The van der Waals surface area contributed by atoms with Crippen molar-refractivity contribution in [3.05, 3.63) is 58.5 Å². The molecular weight excluding hydrogens is 488 g/mol. The lowest BCUT2D eigenvalue weighted by molar-refractivity contribution is -0.135. The number of carbonyl (C=O) groups is 3. The number of fused-ring (bicyclic) bond motifs is 6. The Hall–Kier alpha value is -2.80. The Morgan fingerprint density at radius 2 is 1.89 bits per heavy atom. The Labute approximate surface area is 217 Å². The lowest BCUT2D eigenvalue weighted by Crippen LogP contribution is -2.56. The maximum Gasteiger partial charge on any atom is 0.338 e. The molecule has 7 atom stereocenters. The first kappa shape index (κ1) is 24.5. The molecule has 4 aliphatic carbocycles. The highest BCUT2D eigenvalue weighted by atomic mass is 32.2. The summed E-state index contributed by atoms with van der Waals surface area (Å²) in [5, 5.41) is 1.15. The number of allylic oxidation sites excluding steroid dienone is 4. The molecule has 0 amide bonds. The van der Waals surface area contributed by atoms with Crippen LogP contribution in [0.4, 0.5) is 0 Å². The van der Waals surface area contributed by atoms with Crippen LogP contribution in [-0.2, 0) is 24.2 Å². The summed E-state index contributed by atoms with van der Waals surface area (Å²) in [6, 6.07) is 4.64. The smallest absolute Gasteiger partial charge is 0.338 e. The molecular formula is C30H32O6S. The molecule has 6 rings (SSSR count). The normalized spacial score (nSPS) is 38.7. The zero-order valence-electron chi connectivity index (χ0n) is 21.4. The number of ether oxygens (including phenoxy) is 1. The summed E-state index contributed by atoms with van der Waals surface area (Å²) in [6.07, 6.45) is 10.6. The first-order valence-corrected chi connectivity index (χ1v) is 14.7. The standard InChI is InChI=1S/C30H32O6S/c1-17(31)23-8-9-24-22-7-6-20-15-21(32)10-12-29(20,2)27(22)25(16-30(23,24)3)36-28(33)19-5-4-18-11-13-37(34,35)26(18)14-19/h4-7,11,13-15,22-25,27H,8-10,12,16H2,1-3H3/t22-,23+,24-,25-,27-,29+,30+/m0/s1. The van der Waals surface area contributed by atoms with E-state index in [1.54, 1.807) is 25.1 Å². The molecule has 0 spiro atoms. The number of hydrogen-bond donors (Lipinski definition) is 0. The second-order valence-corrected chi connectivity index (χ2v) is 13.8. The number of carbonyl (C=O) groups excluding carboxylic acids is 3. The molecule has 0 bridgehead atoms. The largest absolute Gasteiger partial charge is 0.458 e. The van der Waals surface area contributed by atoms with Gasteiger partial charge in [0.25, 0.3) is 0 Å². The van der Waals surface area contributed by atoms with Gasteiger partial charge in [-0.3, -0.25) is 9.59 Å². The van der Waals surface area contributed by atoms with Crippen molar-refractivity contribution in [2.24, 2.45) is 34.5 Å². The van der Waals surface area contributed by atoms with Crippen molar-refractivity contribution in [3.63, 3.8) is 0 Å². The van der Waals surface area contributed by atoms with Crippen molar-refractivity contribution in [2.45, 2.75) is 63.9 Å². The van der Waals surface area contributed by atoms with Crippen LogP contribution in [-0.4, -0.2) is 32.1 Å². The van der Waals surface area contributed by atoms with E-state index in [1.165, 1.54) is 12.1 Å². The quantitative estimate of drug-likeness (QED) is 0.515. The van der Waals surface area contributed by atoms with Gasteiger partial charge in [-0.05, 0) is 90.7 Å². The molecule has 0 saturated heterocycles. The molecule has 1 aliphatic heterocycles. The Morgan fingerprint density at radius 3 is 2.65 bits per heavy atom. The highest BCUT2D eigenvalue weighted by Crippen LogP contribution is 2.65. The topological polar surface area (TPSA) is 94.6 Å². The van der Waals surface area contributed by atoms with Crippen LogP contribution < -0.4 is 0 Å². The summed E-state index contributed by atoms with van der Waals surface area (Å²) in [4.78, 5) is 38.6. The summed E-state index contributed by atoms with van der Waals surface area (Å²) in [5.74, 6) is 0.0654. The van der Waals surface area contributed by atoms with Crippen LogP contribution in [0.15, 0.2) is 52.3 Å². The number of benzene rings is 1. The van der Waals surface area contributed by atoms with Gasteiger partial charge in [-0.15, -0.1) is 0 Å². The first-order valence-electron chi connectivity index (χ1n) is 13.2. The monoisotopic (exact) mass is 520 g/mol. The second-order valence-electron chi connectivity index (χ2n) is 12.0. The fourth-order valence-electron chi connectivity index (χ4n) is 8.36. The molecule has 2 fully saturated rings. The summed E-state index contributed by atoms with van der Waals surface area (Å²) >= 11 is 0. The maximum absolute atomic E-state index is 13.5. The van der Waals surface area contributed by atoms with E-state index in [2.05, 4.69) is 26.0 Å². The Bertz CT molecular complexity index is 1430. The lowest BCUT2D eigenvalue weighted by atomic mass is 9.47. The van der Waals surface area contributed by atoms with E-state index in [1.807, 2.05) is 0 Å². The van der Waals surface area contributed by atoms with Crippen molar-refractivity contribution in [3.8, 4) is 0 Å². The summed E-state index contributed by atoms with van der Waals surface area (Å²) in [6.45, 7) is 6.02. The predicted molar refractivity (Wildman–Crippen MR) is 138 cm³/mol. The van der Waals surface area contributed by atoms with Crippen LogP contribution in [0.2, 0.25) is 0 Å². The van der Waals surface area contributed by atoms with E-state index in [4.69, 9.17) is 4.74 Å². The lowest BCUT2D eigenvalue weighted by Gasteiger charge is -2.58. The molecule has 6 nitrogen and oxygen atoms in total. The van der Waals surface area contributed by atoms with Gasteiger partial charge < -0.3 is 4.74 Å². The van der Waals surface area contributed by atoms with Crippen molar-refractivity contribution < 1.29 is 27.5 Å². The van der Waals surface area contributed by atoms with Gasteiger partial charge in [-0.1, -0.05) is 32.1 Å². The minimum absolute atomic E-state index is 0.0237. The Morgan fingerprint density at radius 1 is 1.11 bits per heavy atom. The highest BCUT2D eigenvalue weighted by Gasteiger charge is 2.63. The van der Waals surface area contributed by atoms with E-state index in [0.717, 1.165) is 23.8 Å². The van der Waals surface area contributed by atoms with Gasteiger partial charge in [0.2, 0.25) is 0 Å². The van der Waals surface area contributed by atoms with Gasteiger partial charge in [-0.2, -0.15) is 0 Å². The minimum Gasteiger partial charge on any atom is -0.458 e. The maximum atomic E-state index is 13.5. The molecule has 0 aromatic heterocycles. The van der Waals surface area contributed by atoms with Gasteiger partial charge in [0.15, 0.2) is 15.6 Å². The van der Waals surface area contributed by atoms with E-state index < -0.39 is 21.9 Å². The van der Waals surface area contributed by atoms with E-state index >= 15 is 0 Å². The molecule has 5 aliphatic rings. The van der Waals surface area contributed by atoms with Crippen LogP contribution in [0, 0.1) is 34.5 Å². The van der Waals surface area contributed by atoms with E-state index in [9.17, 15) is 22.8 Å². The average molecular weight is 521 g/mol. The number of ketones is 2. The third-order valence-corrected chi connectivity index (χ3v) is 11.6. The van der Waals surface area contributed by atoms with Gasteiger partial charge in [-0.25, -0.2) is 13.2 Å². The molecule has 2 saturated carbocycles.